The lowest BCUT2D eigenvalue weighted by molar-refractivity contribution is 0.0391. The van der Waals surface area contributed by atoms with E-state index in [1.54, 1.807) is 30.3 Å². The summed E-state index contributed by atoms with van der Waals surface area (Å²) in [5.74, 6) is 0.546. The summed E-state index contributed by atoms with van der Waals surface area (Å²) in [6.07, 6.45) is 1.77. The van der Waals surface area contributed by atoms with Crippen LogP contribution in [0.1, 0.15) is 10.4 Å². The van der Waals surface area contributed by atoms with E-state index in [1.165, 1.54) is 11.3 Å². The van der Waals surface area contributed by atoms with Crippen LogP contribution in [0.15, 0.2) is 42.6 Å². The fourth-order valence-corrected chi connectivity index (χ4v) is 5.25. The molecule has 0 spiro atoms. The summed E-state index contributed by atoms with van der Waals surface area (Å²) in [4.78, 5) is 25.8. The number of nitrogens with one attached hydrogen (secondary N) is 1. The van der Waals surface area contributed by atoms with Gasteiger partial charge in [0.25, 0.3) is 5.91 Å². The first kappa shape index (κ1) is 21.2. The van der Waals surface area contributed by atoms with Gasteiger partial charge < -0.3 is 14.5 Å². The number of rotatable bonds is 6. The third-order valence-corrected chi connectivity index (χ3v) is 7.25. The zero-order chi connectivity index (χ0) is 22.1. The van der Waals surface area contributed by atoms with Crippen LogP contribution in [0.25, 0.3) is 21.1 Å². The van der Waals surface area contributed by atoms with Crippen molar-refractivity contribution in [2.24, 2.45) is 0 Å². The highest BCUT2D eigenvalue weighted by Crippen LogP contribution is 2.39. The molecule has 1 aliphatic heterocycles. The van der Waals surface area contributed by atoms with Gasteiger partial charge in [-0.3, -0.25) is 14.6 Å². The van der Waals surface area contributed by atoms with Gasteiger partial charge in [-0.15, -0.1) is 0 Å². The van der Waals surface area contributed by atoms with Gasteiger partial charge in [0.1, 0.15) is 11.3 Å². The SMILES string of the molecule is COc1ccc(Cl)c2sc(N(CCN3CCOCC3)C(=O)c3c[nH]c4ccccc34)nc12. The van der Waals surface area contributed by atoms with Gasteiger partial charge in [0.2, 0.25) is 0 Å². The van der Waals surface area contributed by atoms with E-state index in [-0.39, 0.29) is 5.91 Å². The van der Waals surface area contributed by atoms with Gasteiger partial charge in [-0.2, -0.15) is 0 Å². The predicted molar refractivity (Wildman–Crippen MR) is 128 cm³/mol. The topological polar surface area (TPSA) is 70.7 Å². The third-order valence-electron chi connectivity index (χ3n) is 5.71. The molecular weight excluding hydrogens is 448 g/mol. The highest BCUT2D eigenvalue weighted by molar-refractivity contribution is 7.23. The van der Waals surface area contributed by atoms with Crippen LogP contribution in [-0.4, -0.2) is 67.3 Å². The summed E-state index contributed by atoms with van der Waals surface area (Å²) in [6, 6.07) is 11.4. The maximum atomic E-state index is 13.8. The number of hydrogen-bond acceptors (Lipinski definition) is 6. The number of anilines is 1. The smallest absolute Gasteiger partial charge is 0.262 e. The predicted octanol–water partition coefficient (Wildman–Crippen LogP) is 4.42. The van der Waals surface area contributed by atoms with E-state index in [0.717, 1.165) is 35.2 Å². The molecular formula is C23H23ClN4O3S. The largest absolute Gasteiger partial charge is 0.494 e. The Labute approximate surface area is 194 Å². The lowest BCUT2D eigenvalue weighted by Gasteiger charge is -2.29. The van der Waals surface area contributed by atoms with Crippen molar-refractivity contribution in [2.75, 3.05) is 51.4 Å². The molecule has 1 fully saturated rings. The Morgan fingerprint density at radius 3 is 2.91 bits per heavy atom. The second kappa shape index (κ2) is 9.07. The molecule has 1 N–H and O–H groups in total. The van der Waals surface area contributed by atoms with Crippen LogP contribution in [0.5, 0.6) is 5.75 Å². The molecule has 3 heterocycles. The van der Waals surface area contributed by atoms with Crippen LogP contribution in [0, 0.1) is 0 Å². The number of aromatic nitrogens is 2. The Bertz CT molecular complexity index is 1260. The maximum absolute atomic E-state index is 13.8. The number of hydrogen-bond donors (Lipinski definition) is 1. The van der Waals surface area contributed by atoms with E-state index in [4.69, 9.17) is 26.1 Å². The first-order valence-corrected chi connectivity index (χ1v) is 11.7. The zero-order valence-electron chi connectivity index (χ0n) is 17.6. The Morgan fingerprint density at radius 1 is 1.28 bits per heavy atom. The number of thiazole rings is 1. The second-order valence-corrected chi connectivity index (χ2v) is 8.97. The number of carbonyl (C=O) groups excluding carboxylic acids is 1. The molecule has 1 amide bonds. The van der Waals surface area contributed by atoms with Crippen molar-refractivity contribution in [3.05, 3.63) is 53.2 Å². The summed E-state index contributed by atoms with van der Waals surface area (Å²) in [5.41, 5.74) is 2.22. The number of carbonyl (C=O) groups is 1. The summed E-state index contributed by atoms with van der Waals surface area (Å²) >= 11 is 7.85. The average Bonchev–Trinajstić information content (AvgIpc) is 3.46. The van der Waals surface area contributed by atoms with E-state index in [0.29, 0.717) is 46.7 Å². The first-order chi connectivity index (χ1) is 15.7. The van der Waals surface area contributed by atoms with Crippen LogP contribution in [0.3, 0.4) is 0 Å². The number of fused-ring (bicyclic) bond motifs is 2. The fraction of sp³-hybridized carbons (Fsp3) is 0.304. The van der Waals surface area contributed by atoms with E-state index in [2.05, 4.69) is 9.88 Å². The molecule has 0 aliphatic carbocycles. The van der Waals surface area contributed by atoms with Crippen LogP contribution in [-0.2, 0) is 4.74 Å². The van der Waals surface area contributed by atoms with Crippen LogP contribution < -0.4 is 9.64 Å². The van der Waals surface area contributed by atoms with Gasteiger partial charge >= 0.3 is 0 Å². The number of aromatic amines is 1. The minimum absolute atomic E-state index is 0.0927. The van der Waals surface area contributed by atoms with E-state index in [1.807, 2.05) is 24.3 Å². The molecule has 1 saturated heterocycles. The number of halogens is 1. The number of para-hydroxylation sites is 1. The minimum Gasteiger partial charge on any atom is -0.494 e. The first-order valence-electron chi connectivity index (χ1n) is 10.5. The lowest BCUT2D eigenvalue weighted by Crippen LogP contribution is -2.43. The Morgan fingerprint density at radius 2 is 2.09 bits per heavy atom. The van der Waals surface area contributed by atoms with Crippen molar-refractivity contribution in [1.29, 1.82) is 0 Å². The molecule has 0 saturated carbocycles. The van der Waals surface area contributed by atoms with Crippen LogP contribution in [0.4, 0.5) is 5.13 Å². The molecule has 7 nitrogen and oxygen atoms in total. The summed E-state index contributed by atoms with van der Waals surface area (Å²) in [6.45, 7) is 4.38. The van der Waals surface area contributed by atoms with Gasteiger partial charge in [-0.1, -0.05) is 41.1 Å². The van der Waals surface area contributed by atoms with Gasteiger partial charge in [0.05, 0.1) is 35.6 Å². The van der Waals surface area contributed by atoms with Crippen molar-refractivity contribution in [2.45, 2.75) is 0 Å². The number of benzene rings is 2. The molecule has 0 radical (unpaired) electrons. The van der Waals surface area contributed by atoms with E-state index in [9.17, 15) is 4.79 Å². The number of H-pyrrole nitrogens is 1. The highest BCUT2D eigenvalue weighted by Gasteiger charge is 2.26. The molecule has 0 bridgehead atoms. The quantitative estimate of drug-likeness (QED) is 0.451. The zero-order valence-corrected chi connectivity index (χ0v) is 19.2. The molecule has 2 aromatic heterocycles. The maximum Gasteiger partial charge on any atom is 0.262 e. The second-order valence-electron chi connectivity index (χ2n) is 7.58. The number of ether oxygens (including phenoxy) is 2. The minimum atomic E-state index is -0.0927. The Balaban J connectivity index is 1.54. The standard InChI is InChI=1S/C23H23ClN4O3S/c1-30-19-7-6-17(24)21-20(19)26-23(32-21)28(9-8-27-10-12-31-13-11-27)22(29)16-14-25-18-5-3-2-4-15(16)18/h2-7,14,25H,8-13H2,1H3. The number of morpholine rings is 1. The van der Waals surface area contributed by atoms with E-state index >= 15 is 0 Å². The number of methoxy groups -OCH3 is 1. The highest BCUT2D eigenvalue weighted by atomic mass is 35.5. The number of nitrogens with zero attached hydrogens (tertiary/aromatic N) is 3. The van der Waals surface area contributed by atoms with Gasteiger partial charge in [-0.25, -0.2) is 4.98 Å². The Kier molecular flexibility index (Phi) is 6.01. The van der Waals surface area contributed by atoms with Crippen molar-refractivity contribution in [3.63, 3.8) is 0 Å². The lowest BCUT2D eigenvalue weighted by atomic mass is 10.1. The normalized spacial score (nSPS) is 14.8. The number of amides is 1. The molecule has 0 atom stereocenters. The van der Waals surface area contributed by atoms with Crippen molar-refractivity contribution in [1.82, 2.24) is 14.9 Å². The Hall–Kier alpha value is -2.65. The van der Waals surface area contributed by atoms with Crippen molar-refractivity contribution in [3.8, 4) is 5.75 Å². The van der Waals surface area contributed by atoms with Gasteiger partial charge in [0, 0.05) is 43.3 Å². The third kappa shape index (κ3) is 3.95. The van der Waals surface area contributed by atoms with Gasteiger partial charge in [0.15, 0.2) is 5.13 Å². The van der Waals surface area contributed by atoms with Crippen molar-refractivity contribution >= 4 is 55.1 Å². The molecule has 0 unspecified atom stereocenters. The average molecular weight is 471 g/mol. The van der Waals surface area contributed by atoms with E-state index < -0.39 is 0 Å². The summed E-state index contributed by atoms with van der Waals surface area (Å²) in [7, 11) is 1.61. The molecule has 5 rings (SSSR count). The fourth-order valence-electron chi connectivity index (χ4n) is 3.97. The molecule has 2 aromatic carbocycles. The molecule has 9 heteroatoms. The van der Waals surface area contributed by atoms with Crippen molar-refractivity contribution < 1.29 is 14.3 Å². The molecule has 166 valence electrons. The molecule has 1 aliphatic rings. The summed E-state index contributed by atoms with van der Waals surface area (Å²) < 4.78 is 11.7. The monoisotopic (exact) mass is 470 g/mol. The molecule has 32 heavy (non-hydrogen) atoms. The van der Waals surface area contributed by atoms with Crippen LogP contribution in [0.2, 0.25) is 5.02 Å². The molecule has 4 aromatic rings. The van der Waals surface area contributed by atoms with Gasteiger partial charge in [-0.05, 0) is 18.2 Å². The summed E-state index contributed by atoms with van der Waals surface area (Å²) in [5, 5.41) is 2.10. The van der Waals surface area contributed by atoms with Crippen LogP contribution >= 0.6 is 22.9 Å².